The summed E-state index contributed by atoms with van der Waals surface area (Å²) in [4.78, 5) is 2.39. The SMILES string of the molecule is CN1Cc2ccc(F)cc2C12CCNCC2. The predicted molar refractivity (Wildman–Crippen MR) is 61.6 cm³/mol. The Kier molecular flexibility index (Phi) is 2.26. The van der Waals surface area contributed by atoms with Gasteiger partial charge in [0.25, 0.3) is 0 Å². The second kappa shape index (κ2) is 3.54. The molecule has 0 aliphatic carbocycles. The van der Waals surface area contributed by atoms with E-state index in [0.717, 1.165) is 32.5 Å². The molecule has 2 aliphatic rings. The van der Waals surface area contributed by atoms with Gasteiger partial charge in [0.2, 0.25) is 0 Å². The number of fused-ring (bicyclic) bond motifs is 2. The molecule has 1 aromatic rings. The first-order chi connectivity index (χ1) is 7.72. The number of hydrogen-bond donors (Lipinski definition) is 1. The Bertz CT molecular complexity index is 410. The number of piperidine rings is 1. The summed E-state index contributed by atoms with van der Waals surface area (Å²) in [6.07, 6.45) is 2.17. The fourth-order valence-electron chi connectivity index (χ4n) is 3.22. The van der Waals surface area contributed by atoms with Crippen LogP contribution in [0, 0.1) is 5.82 Å². The van der Waals surface area contributed by atoms with Gasteiger partial charge in [0, 0.05) is 12.1 Å². The van der Waals surface area contributed by atoms with Crippen molar-refractivity contribution in [2.45, 2.75) is 24.9 Å². The molecular weight excluding hydrogens is 203 g/mol. The minimum Gasteiger partial charge on any atom is -0.317 e. The monoisotopic (exact) mass is 220 g/mol. The van der Waals surface area contributed by atoms with Gasteiger partial charge in [-0.15, -0.1) is 0 Å². The van der Waals surface area contributed by atoms with Crippen LogP contribution in [-0.4, -0.2) is 25.0 Å². The molecule has 1 aromatic carbocycles. The molecule has 0 amide bonds. The van der Waals surface area contributed by atoms with Crippen LogP contribution in [0.3, 0.4) is 0 Å². The molecule has 1 spiro atoms. The summed E-state index contributed by atoms with van der Waals surface area (Å²) in [5.41, 5.74) is 2.60. The Morgan fingerprint density at radius 3 is 2.81 bits per heavy atom. The van der Waals surface area contributed by atoms with Gasteiger partial charge in [0.15, 0.2) is 0 Å². The molecule has 3 heteroatoms. The lowest BCUT2D eigenvalue weighted by molar-refractivity contribution is 0.0964. The van der Waals surface area contributed by atoms with Crippen molar-refractivity contribution in [3.8, 4) is 0 Å². The maximum Gasteiger partial charge on any atom is 0.123 e. The highest BCUT2D eigenvalue weighted by Gasteiger charge is 2.43. The van der Waals surface area contributed by atoms with Crippen LogP contribution in [0.2, 0.25) is 0 Å². The van der Waals surface area contributed by atoms with E-state index in [0.29, 0.717) is 0 Å². The number of hydrogen-bond acceptors (Lipinski definition) is 2. The number of nitrogens with one attached hydrogen (secondary N) is 1. The first-order valence-electron chi connectivity index (χ1n) is 5.93. The van der Waals surface area contributed by atoms with Crippen LogP contribution in [0.1, 0.15) is 24.0 Å². The largest absolute Gasteiger partial charge is 0.317 e. The van der Waals surface area contributed by atoms with Crippen LogP contribution in [0.4, 0.5) is 4.39 Å². The molecule has 2 nitrogen and oxygen atoms in total. The van der Waals surface area contributed by atoms with Gasteiger partial charge < -0.3 is 5.32 Å². The highest BCUT2D eigenvalue weighted by atomic mass is 19.1. The molecule has 0 bridgehead atoms. The van der Waals surface area contributed by atoms with E-state index in [1.165, 1.54) is 11.1 Å². The van der Waals surface area contributed by atoms with Crippen LogP contribution in [0.15, 0.2) is 18.2 Å². The third kappa shape index (κ3) is 1.31. The summed E-state index contributed by atoms with van der Waals surface area (Å²) in [5, 5.41) is 3.38. The van der Waals surface area contributed by atoms with Gasteiger partial charge in [0.05, 0.1) is 0 Å². The third-order valence-electron chi connectivity index (χ3n) is 4.14. The van der Waals surface area contributed by atoms with Gasteiger partial charge in [-0.25, -0.2) is 4.39 Å². The minimum atomic E-state index is -0.105. The molecule has 0 unspecified atom stereocenters. The summed E-state index contributed by atoms with van der Waals surface area (Å²) in [5.74, 6) is -0.105. The molecular formula is C13H17FN2. The summed E-state index contributed by atoms with van der Waals surface area (Å²) in [6.45, 7) is 3.01. The Morgan fingerprint density at radius 2 is 2.06 bits per heavy atom. The summed E-state index contributed by atoms with van der Waals surface area (Å²) >= 11 is 0. The van der Waals surface area contributed by atoms with Crippen molar-refractivity contribution in [3.63, 3.8) is 0 Å². The van der Waals surface area contributed by atoms with Gasteiger partial charge in [-0.3, -0.25) is 4.90 Å². The molecule has 0 atom stereocenters. The lowest BCUT2D eigenvalue weighted by Crippen LogP contribution is -2.47. The molecule has 1 saturated heterocycles. The standard InChI is InChI=1S/C13H17FN2/c1-16-9-10-2-3-11(14)8-12(10)13(16)4-6-15-7-5-13/h2-3,8,15H,4-7,9H2,1H3. The lowest BCUT2D eigenvalue weighted by Gasteiger charge is -2.40. The maximum atomic E-state index is 13.4. The van der Waals surface area contributed by atoms with Gasteiger partial charge in [0.1, 0.15) is 5.82 Å². The molecule has 1 N–H and O–H groups in total. The Hall–Kier alpha value is -0.930. The molecule has 0 radical (unpaired) electrons. The van der Waals surface area contributed by atoms with E-state index in [1.54, 1.807) is 12.1 Å². The molecule has 3 rings (SSSR count). The Balaban J connectivity index is 2.09. The van der Waals surface area contributed by atoms with E-state index in [-0.39, 0.29) is 11.4 Å². The number of nitrogens with zero attached hydrogens (tertiary/aromatic N) is 1. The van der Waals surface area contributed by atoms with Crippen molar-refractivity contribution in [1.82, 2.24) is 10.2 Å². The zero-order chi connectivity index (χ0) is 11.2. The number of benzene rings is 1. The zero-order valence-electron chi connectivity index (χ0n) is 9.59. The first-order valence-corrected chi connectivity index (χ1v) is 5.93. The smallest absolute Gasteiger partial charge is 0.123 e. The van der Waals surface area contributed by atoms with E-state index in [2.05, 4.69) is 17.3 Å². The van der Waals surface area contributed by atoms with E-state index < -0.39 is 0 Å². The molecule has 0 aromatic heterocycles. The van der Waals surface area contributed by atoms with Crippen molar-refractivity contribution in [1.29, 1.82) is 0 Å². The predicted octanol–water partition coefficient (Wildman–Crippen LogP) is 1.85. The average Bonchev–Trinajstić information content (AvgIpc) is 2.55. The van der Waals surface area contributed by atoms with Gasteiger partial charge in [-0.2, -0.15) is 0 Å². The summed E-state index contributed by atoms with van der Waals surface area (Å²) in [6, 6.07) is 5.26. The third-order valence-corrected chi connectivity index (χ3v) is 4.14. The van der Waals surface area contributed by atoms with Crippen molar-refractivity contribution in [2.75, 3.05) is 20.1 Å². The fraction of sp³-hybridized carbons (Fsp3) is 0.538. The molecule has 1 fully saturated rings. The van der Waals surface area contributed by atoms with E-state index >= 15 is 0 Å². The van der Waals surface area contributed by atoms with Crippen LogP contribution in [-0.2, 0) is 12.1 Å². The highest BCUT2D eigenvalue weighted by Crippen LogP contribution is 2.44. The quantitative estimate of drug-likeness (QED) is 0.718. The van der Waals surface area contributed by atoms with Crippen LogP contribution in [0.25, 0.3) is 0 Å². The lowest BCUT2D eigenvalue weighted by atomic mass is 9.81. The highest BCUT2D eigenvalue weighted by molar-refractivity contribution is 5.39. The molecule has 2 heterocycles. The number of halogens is 1. The fourth-order valence-corrected chi connectivity index (χ4v) is 3.22. The van der Waals surface area contributed by atoms with Crippen LogP contribution >= 0.6 is 0 Å². The van der Waals surface area contributed by atoms with Gasteiger partial charge in [-0.05, 0) is 56.2 Å². The maximum absolute atomic E-state index is 13.4. The number of rotatable bonds is 0. The normalized spacial score (nSPS) is 23.6. The molecule has 86 valence electrons. The summed E-state index contributed by atoms with van der Waals surface area (Å²) in [7, 11) is 2.16. The van der Waals surface area contributed by atoms with E-state index in [4.69, 9.17) is 0 Å². The van der Waals surface area contributed by atoms with E-state index in [9.17, 15) is 4.39 Å². The second-order valence-electron chi connectivity index (χ2n) is 4.94. The molecule has 0 saturated carbocycles. The first kappa shape index (κ1) is 10.2. The van der Waals surface area contributed by atoms with Crippen molar-refractivity contribution < 1.29 is 4.39 Å². The minimum absolute atomic E-state index is 0.0860. The van der Waals surface area contributed by atoms with Gasteiger partial charge >= 0.3 is 0 Å². The topological polar surface area (TPSA) is 15.3 Å². The Morgan fingerprint density at radius 1 is 1.31 bits per heavy atom. The van der Waals surface area contributed by atoms with Crippen LogP contribution < -0.4 is 5.32 Å². The van der Waals surface area contributed by atoms with Crippen LogP contribution in [0.5, 0.6) is 0 Å². The second-order valence-corrected chi connectivity index (χ2v) is 4.94. The van der Waals surface area contributed by atoms with Crippen molar-refractivity contribution >= 4 is 0 Å². The van der Waals surface area contributed by atoms with Crippen molar-refractivity contribution in [3.05, 3.63) is 35.1 Å². The molecule has 16 heavy (non-hydrogen) atoms. The average molecular weight is 220 g/mol. The zero-order valence-corrected chi connectivity index (χ0v) is 9.59. The summed E-state index contributed by atoms with van der Waals surface area (Å²) < 4.78 is 13.4. The Labute approximate surface area is 95.4 Å². The van der Waals surface area contributed by atoms with Gasteiger partial charge in [-0.1, -0.05) is 6.07 Å². The van der Waals surface area contributed by atoms with Crippen molar-refractivity contribution in [2.24, 2.45) is 0 Å². The van der Waals surface area contributed by atoms with E-state index in [1.807, 2.05) is 6.07 Å². The molecule has 2 aliphatic heterocycles.